The van der Waals surface area contributed by atoms with E-state index >= 15 is 0 Å². The van der Waals surface area contributed by atoms with Crippen LogP contribution >= 0.6 is 0 Å². The molecule has 0 saturated carbocycles. The van der Waals surface area contributed by atoms with Crippen LogP contribution in [0, 0.1) is 0 Å². The van der Waals surface area contributed by atoms with Gasteiger partial charge in [-0.1, -0.05) is 24.3 Å². The number of aryl methyl sites for hydroxylation is 1. The molecule has 1 aromatic carbocycles. The lowest BCUT2D eigenvalue weighted by molar-refractivity contribution is 0.159. The van der Waals surface area contributed by atoms with Gasteiger partial charge in [-0.2, -0.15) is 0 Å². The highest BCUT2D eigenvalue weighted by atomic mass is 32.2. The Morgan fingerprint density at radius 2 is 2.00 bits per heavy atom. The molecule has 4 nitrogen and oxygen atoms in total. The van der Waals surface area contributed by atoms with E-state index in [2.05, 4.69) is 17.4 Å². The van der Waals surface area contributed by atoms with E-state index in [9.17, 15) is 13.5 Å². The van der Waals surface area contributed by atoms with Crippen LogP contribution in [0.15, 0.2) is 24.3 Å². The van der Waals surface area contributed by atoms with E-state index in [1.165, 1.54) is 11.1 Å². The Labute approximate surface area is 107 Å². The van der Waals surface area contributed by atoms with Crippen LogP contribution in [0.2, 0.25) is 0 Å². The molecule has 1 saturated heterocycles. The van der Waals surface area contributed by atoms with E-state index in [1.54, 1.807) is 0 Å². The molecule has 1 fully saturated rings. The van der Waals surface area contributed by atoms with Crippen molar-refractivity contribution in [3.05, 3.63) is 35.4 Å². The fourth-order valence-electron chi connectivity index (χ4n) is 2.98. The van der Waals surface area contributed by atoms with Gasteiger partial charge in [0, 0.05) is 12.1 Å². The molecular weight excluding hydrogens is 250 g/mol. The van der Waals surface area contributed by atoms with Gasteiger partial charge < -0.3 is 10.4 Å². The molecule has 1 aromatic rings. The van der Waals surface area contributed by atoms with Gasteiger partial charge in [-0.05, 0) is 24.0 Å². The van der Waals surface area contributed by atoms with E-state index < -0.39 is 15.9 Å². The fraction of sp³-hybridized carbons (Fsp3) is 0.538. The average molecular weight is 267 g/mol. The lowest BCUT2D eigenvalue weighted by atomic mass is 10.1. The highest BCUT2D eigenvalue weighted by Crippen LogP contribution is 2.32. The summed E-state index contributed by atoms with van der Waals surface area (Å²) in [6.45, 7) is 0. The van der Waals surface area contributed by atoms with E-state index in [4.69, 9.17) is 0 Å². The van der Waals surface area contributed by atoms with Crippen LogP contribution in [0.25, 0.3) is 0 Å². The minimum Gasteiger partial charge on any atom is -0.390 e. The summed E-state index contributed by atoms with van der Waals surface area (Å²) in [6, 6.07) is 8.06. The van der Waals surface area contributed by atoms with Crippen LogP contribution in [-0.4, -0.2) is 37.2 Å². The van der Waals surface area contributed by atoms with Crippen molar-refractivity contribution in [3.63, 3.8) is 0 Å². The van der Waals surface area contributed by atoms with Crippen molar-refractivity contribution >= 4 is 9.84 Å². The average Bonchev–Trinajstić information content (AvgIpc) is 2.81. The van der Waals surface area contributed by atoms with Crippen molar-refractivity contribution in [2.24, 2.45) is 0 Å². The van der Waals surface area contributed by atoms with Crippen LogP contribution < -0.4 is 5.32 Å². The number of sulfone groups is 1. The van der Waals surface area contributed by atoms with E-state index in [0.717, 1.165) is 12.8 Å². The summed E-state index contributed by atoms with van der Waals surface area (Å²) in [5, 5.41) is 13.1. The minimum atomic E-state index is -3.08. The SMILES string of the molecule is O=S1(=O)CC(O)C(NC2CCc3ccccc32)C1. The molecule has 1 aliphatic heterocycles. The molecule has 2 aliphatic rings. The molecule has 1 heterocycles. The van der Waals surface area contributed by atoms with Crippen molar-refractivity contribution in [1.29, 1.82) is 0 Å². The van der Waals surface area contributed by atoms with Crippen LogP contribution in [0.5, 0.6) is 0 Å². The van der Waals surface area contributed by atoms with Gasteiger partial charge in [0.25, 0.3) is 0 Å². The molecule has 3 unspecified atom stereocenters. The highest BCUT2D eigenvalue weighted by molar-refractivity contribution is 7.91. The summed E-state index contributed by atoms with van der Waals surface area (Å²) in [5.74, 6) is -0.0636. The fourth-order valence-corrected chi connectivity index (χ4v) is 4.73. The van der Waals surface area contributed by atoms with Crippen LogP contribution in [0.4, 0.5) is 0 Å². The lowest BCUT2D eigenvalue weighted by Gasteiger charge is -2.21. The number of aliphatic hydroxyl groups excluding tert-OH is 1. The first-order valence-electron chi connectivity index (χ1n) is 6.27. The van der Waals surface area contributed by atoms with Crippen molar-refractivity contribution in [2.75, 3.05) is 11.5 Å². The third-order valence-corrected chi connectivity index (χ3v) is 5.59. The maximum absolute atomic E-state index is 11.5. The molecule has 98 valence electrons. The number of benzene rings is 1. The molecule has 0 radical (unpaired) electrons. The summed E-state index contributed by atoms with van der Waals surface area (Å²) in [5.41, 5.74) is 2.57. The van der Waals surface area contributed by atoms with Gasteiger partial charge in [0.2, 0.25) is 0 Å². The van der Waals surface area contributed by atoms with E-state index in [-0.39, 0.29) is 23.6 Å². The van der Waals surface area contributed by atoms with Crippen molar-refractivity contribution < 1.29 is 13.5 Å². The smallest absolute Gasteiger partial charge is 0.154 e. The van der Waals surface area contributed by atoms with Crippen molar-refractivity contribution in [2.45, 2.75) is 31.0 Å². The summed E-state index contributed by atoms with van der Waals surface area (Å²) in [6.07, 6.45) is 1.22. The Morgan fingerprint density at radius 1 is 1.22 bits per heavy atom. The van der Waals surface area contributed by atoms with E-state index in [1.807, 2.05) is 12.1 Å². The second-order valence-corrected chi connectivity index (χ2v) is 7.36. The summed E-state index contributed by atoms with van der Waals surface area (Å²) < 4.78 is 22.9. The predicted octanol–water partition coefficient (Wildman–Crippen LogP) is 0.421. The van der Waals surface area contributed by atoms with Gasteiger partial charge in [-0.3, -0.25) is 0 Å². The molecule has 1 aliphatic carbocycles. The Kier molecular flexibility index (Phi) is 2.92. The molecule has 0 bridgehead atoms. The molecule has 0 aromatic heterocycles. The van der Waals surface area contributed by atoms with Gasteiger partial charge in [-0.15, -0.1) is 0 Å². The van der Waals surface area contributed by atoms with E-state index in [0.29, 0.717) is 0 Å². The normalized spacial score (nSPS) is 33.5. The zero-order valence-electron chi connectivity index (χ0n) is 10.0. The largest absolute Gasteiger partial charge is 0.390 e. The monoisotopic (exact) mass is 267 g/mol. The predicted molar refractivity (Wildman–Crippen MR) is 69.1 cm³/mol. The maximum atomic E-state index is 11.5. The maximum Gasteiger partial charge on any atom is 0.154 e. The second-order valence-electron chi connectivity index (χ2n) is 5.21. The summed E-state index contributed by atoms with van der Waals surface area (Å²) in [4.78, 5) is 0. The number of nitrogens with one attached hydrogen (secondary N) is 1. The standard InChI is InChI=1S/C13H17NO3S/c15-13-8-18(16,17)7-12(13)14-11-6-5-9-3-1-2-4-10(9)11/h1-4,11-15H,5-8H2. The Hall–Kier alpha value is -0.910. The third kappa shape index (κ3) is 2.18. The Bertz CT molecular complexity index is 555. The zero-order chi connectivity index (χ0) is 12.8. The first kappa shape index (κ1) is 12.1. The zero-order valence-corrected chi connectivity index (χ0v) is 10.9. The third-order valence-electron chi connectivity index (χ3n) is 3.87. The van der Waals surface area contributed by atoms with Crippen molar-refractivity contribution in [1.82, 2.24) is 5.32 Å². The number of rotatable bonds is 2. The molecular formula is C13H17NO3S. The summed E-state index contributed by atoms with van der Waals surface area (Å²) >= 11 is 0. The molecule has 18 heavy (non-hydrogen) atoms. The molecule has 3 rings (SSSR count). The summed E-state index contributed by atoms with van der Waals surface area (Å²) in [7, 11) is -3.08. The molecule has 2 N–H and O–H groups in total. The first-order valence-corrected chi connectivity index (χ1v) is 8.10. The topological polar surface area (TPSA) is 66.4 Å². The quantitative estimate of drug-likeness (QED) is 0.815. The number of fused-ring (bicyclic) bond motifs is 1. The van der Waals surface area contributed by atoms with Crippen LogP contribution in [0.3, 0.4) is 0 Å². The van der Waals surface area contributed by atoms with Gasteiger partial charge in [0.1, 0.15) is 0 Å². The van der Waals surface area contributed by atoms with Gasteiger partial charge in [0.15, 0.2) is 9.84 Å². The van der Waals surface area contributed by atoms with Crippen LogP contribution in [-0.2, 0) is 16.3 Å². The van der Waals surface area contributed by atoms with Crippen molar-refractivity contribution in [3.8, 4) is 0 Å². The van der Waals surface area contributed by atoms with Crippen LogP contribution in [0.1, 0.15) is 23.6 Å². The Balaban J connectivity index is 1.76. The highest BCUT2D eigenvalue weighted by Gasteiger charge is 2.38. The van der Waals surface area contributed by atoms with Gasteiger partial charge in [-0.25, -0.2) is 8.42 Å². The van der Waals surface area contributed by atoms with Gasteiger partial charge >= 0.3 is 0 Å². The molecule has 5 heteroatoms. The number of hydrogen-bond acceptors (Lipinski definition) is 4. The molecule has 0 amide bonds. The minimum absolute atomic E-state index is 0.0484. The first-order chi connectivity index (χ1) is 8.55. The lowest BCUT2D eigenvalue weighted by Crippen LogP contribution is -2.40. The Morgan fingerprint density at radius 3 is 2.72 bits per heavy atom. The number of aliphatic hydroxyl groups is 1. The molecule has 0 spiro atoms. The molecule has 3 atom stereocenters. The van der Waals surface area contributed by atoms with Gasteiger partial charge in [0.05, 0.1) is 17.6 Å². The number of hydrogen-bond donors (Lipinski definition) is 2. The second kappa shape index (κ2) is 4.33.